The van der Waals surface area contributed by atoms with Gasteiger partial charge in [0.05, 0.1) is 6.10 Å². The van der Waals surface area contributed by atoms with Gasteiger partial charge >= 0.3 is 0 Å². The minimum Gasteiger partial charge on any atom is -0.376 e. The summed E-state index contributed by atoms with van der Waals surface area (Å²) in [4.78, 5) is 34.6. The second-order valence-electron chi connectivity index (χ2n) is 5.43. The average molecular weight is 319 g/mol. The Bertz CT molecular complexity index is 582. The summed E-state index contributed by atoms with van der Waals surface area (Å²) in [7, 11) is 0. The molecule has 0 spiro atoms. The molecule has 7 nitrogen and oxygen atoms in total. The Balaban J connectivity index is 1.77. The van der Waals surface area contributed by atoms with E-state index in [4.69, 9.17) is 4.74 Å². The van der Waals surface area contributed by atoms with Crippen molar-refractivity contribution in [2.24, 2.45) is 0 Å². The van der Waals surface area contributed by atoms with Gasteiger partial charge in [-0.2, -0.15) is 0 Å². The van der Waals surface area contributed by atoms with Gasteiger partial charge in [0.1, 0.15) is 6.42 Å². The number of carbonyl (C=O) groups excluding carboxylic acids is 3. The fraction of sp³-hybridized carbons (Fsp3) is 0.438. The Morgan fingerprint density at radius 1 is 1.17 bits per heavy atom. The third-order valence-electron chi connectivity index (χ3n) is 3.34. The van der Waals surface area contributed by atoms with E-state index in [2.05, 4.69) is 16.0 Å². The summed E-state index contributed by atoms with van der Waals surface area (Å²) in [5, 5.41) is 7.96. The Hall–Kier alpha value is -2.41. The maximum Gasteiger partial charge on any atom is 0.233 e. The standard InChI is InChI=1S/C16H21N3O4/c1-11(20)18-12-4-2-5-13(8-12)19-16(22)9-15(21)17-10-14-6-3-7-23-14/h2,4-5,8,14H,3,6-7,9-10H2,1H3,(H,17,21)(H,18,20)(H,19,22). The van der Waals surface area contributed by atoms with Gasteiger partial charge in [-0.3, -0.25) is 14.4 Å². The van der Waals surface area contributed by atoms with Gasteiger partial charge in [0, 0.05) is 31.5 Å². The number of nitrogens with one attached hydrogen (secondary N) is 3. The molecule has 0 bridgehead atoms. The minimum absolute atomic E-state index is 0.0522. The maximum absolute atomic E-state index is 11.9. The number of carbonyl (C=O) groups is 3. The molecule has 1 aromatic carbocycles. The van der Waals surface area contributed by atoms with Crippen molar-refractivity contribution in [3.05, 3.63) is 24.3 Å². The summed E-state index contributed by atoms with van der Waals surface area (Å²) in [5.41, 5.74) is 1.10. The van der Waals surface area contributed by atoms with Crippen LogP contribution >= 0.6 is 0 Å². The van der Waals surface area contributed by atoms with E-state index in [1.807, 2.05) is 0 Å². The van der Waals surface area contributed by atoms with Crippen LogP contribution in [0.3, 0.4) is 0 Å². The Morgan fingerprint density at radius 3 is 2.57 bits per heavy atom. The van der Waals surface area contributed by atoms with Crippen LogP contribution in [-0.2, 0) is 19.1 Å². The molecule has 0 aromatic heterocycles. The van der Waals surface area contributed by atoms with Crippen LogP contribution in [0.1, 0.15) is 26.2 Å². The highest BCUT2D eigenvalue weighted by Gasteiger charge is 2.17. The third-order valence-corrected chi connectivity index (χ3v) is 3.34. The van der Waals surface area contributed by atoms with E-state index in [0.29, 0.717) is 17.9 Å². The predicted octanol–water partition coefficient (Wildman–Crippen LogP) is 1.27. The largest absolute Gasteiger partial charge is 0.376 e. The van der Waals surface area contributed by atoms with Crippen LogP contribution < -0.4 is 16.0 Å². The molecule has 7 heteroatoms. The monoisotopic (exact) mass is 319 g/mol. The molecule has 1 heterocycles. The number of hydrogen-bond donors (Lipinski definition) is 3. The van der Waals surface area contributed by atoms with Crippen molar-refractivity contribution in [3.63, 3.8) is 0 Å². The second kappa shape index (κ2) is 8.28. The van der Waals surface area contributed by atoms with E-state index in [0.717, 1.165) is 19.4 Å². The van der Waals surface area contributed by atoms with Crippen molar-refractivity contribution < 1.29 is 19.1 Å². The molecule has 1 aromatic rings. The van der Waals surface area contributed by atoms with Gasteiger partial charge in [0.25, 0.3) is 0 Å². The first-order valence-corrected chi connectivity index (χ1v) is 7.59. The van der Waals surface area contributed by atoms with Crippen molar-refractivity contribution >= 4 is 29.1 Å². The van der Waals surface area contributed by atoms with Crippen LogP contribution in [-0.4, -0.2) is 37.0 Å². The van der Waals surface area contributed by atoms with Gasteiger partial charge in [0.2, 0.25) is 17.7 Å². The molecule has 3 N–H and O–H groups in total. The summed E-state index contributed by atoms with van der Waals surface area (Å²) >= 11 is 0. The number of hydrogen-bond acceptors (Lipinski definition) is 4. The van der Waals surface area contributed by atoms with Crippen LogP contribution in [0.5, 0.6) is 0 Å². The van der Waals surface area contributed by atoms with Crippen molar-refractivity contribution in [2.45, 2.75) is 32.3 Å². The fourth-order valence-corrected chi connectivity index (χ4v) is 2.32. The van der Waals surface area contributed by atoms with Crippen molar-refractivity contribution in [3.8, 4) is 0 Å². The zero-order valence-corrected chi connectivity index (χ0v) is 13.1. The lowest BCUT2D eigenvalue weighted by molar-refractivity contribution is -0.127. The normalized spacial score (nSPS) is 16.7. The first-order chi connectivity index (χ1) is 11.0. The van der Waals surface area contributed by atoms with Crippen LogP contribution in [0, 0.1) is 0 Å². The van der Waals surface area contributed by atoms with Gasteiger partial charge in [-0.05, 0) is 31.0 Å². The van der Waals surface area contributed by atoms with Crippen molar-refractivity contribution in [2.75, 3.05) is 23.8 Å². The zero-order chi connectivity index (χ0) is 16.7. The van der Waals surface area contributed by atoms with E-state index in [1.54, 1.807) is 24.3 Å². The van der Waals surface area contributed by atoms with Gasteiger partial charge in [-0.15, -0.1) is 0 Å². The summed E-state index contributed by atoms with van der Waals surface area (Å²) in [6, 6.07) is 6.74. The average Bonchev–Trinajstić information content (AvgIpc) is 2.98. The molecule has 0 radical (unpaired) electrons. The quantitative estimate of drug-likeness (QED) is 0.688. The Kier molecular flexibility index (Phi) is 6.10. The van der Waals surface area contributed by atoms with Crippen LogP contribution in [0.15, 0.2) is 24.3 Å². The van der Waals surface area contributed by atoms with Crippen LogP contribution in [0.2, 0.25) is 0 Å². The molecule has 1 unspecified atom stereocenters. The maximum atomic E-state index is 11.9. The topological polar surface area (TPSA) is 96.5 Å². The predicted molar refractivity (Wildman–Crippen MR) is 86.0 cm³/mol. The van der Waals surface area contributed by atoms with E-state index < -0.39 is 5.91 Å². The molecular weight excluding hydrogens is 298 g/mol. The van der Waals surface area contributed by atoms with Gasteiger partial charge in [0.15, 0.2) is 0 Å². The lowest BCUT2D eigenvalue weighted by Crippen LogP contribution is -2.34. The third kappa shape index (κ3) is 6.07. The second-order valence-corrected chi connectivity index (χ2v) is 5.43. The molecule has 0 aliphatic carbocycles. The van der Waals surface area contributed by atoms with E-state index >= 15 is 0 Å². The highest BCUT2D eigenvalue weighted by atomic mass is 16.5. The molecule has 1 aliphatic heterocycles. The lowest BCUT2D eigenvalue weighted by Gasteiger charge is -2.11. The van der Waals surface area contributed by atoms with Crippen molar-refractivity contribution in [1.82, 2.24) is 5.32 Å². The van der Waals surface area contributed by atoms with Gasteiger partial charge in [-0.1, -0.05) is 6.07 Å². The zero-order valence-electron chi connectivity index (χ0n) is 13.1. The summed E-state index contributed by atoms with van der Waals surface area (Å²) in [5.74, 6) is -0.937. The lowest BCUT2D eigenvalue weighted by atomic mass is 10.2. The minimum atomic E-state index is -0.408. The summed E-state index contributed by atoms with van der Waals surface area (Å²) in [6.07, 6.45) is 1.74. The number of amides is 3. The van der Waals surface area contributed by atoms with Gasteiger partial charge in [-0.25, -0.2) is 0 Å². The van der Waals surface area contributed by atoms with Crippen molar-refractivity contribution in [1.29, 1.82) is 0 Å². The van der Waals surface area contributed by atoms with Crippen LogP contribution in [0.25, 0.3) is 0 Å². The molecule has 2 rings (SSSR count). The molecular formula is C16H21N3O4. The summed E-state index contributed by atoms with van der Waals surface area (Å²) < 4.78 is 5.40. The SMILES string of the molecule is CC(=O)Nc1cccc(NC(=O)CC(=O)NCC2CCCO2)c1. The molecule has 1 fully saturated rings. The molecule has 3 amide bonds. The molecule has 1 aliphatic rings. The molecule has 1 saturated heterocycles. The molecule has 1 atom stereocenters. The van der Waals surface area contributed by atoms with Gasteiger partial charge < -0.3 is 20.7 Å². The Morgan fingerprint density at radius 2 is 1.91 bits per heavy atom. The van der Waals surface area contributed by atoms with E-state index in [9.17, 15) is 14.4 Å². The highest BCUT2D eigenvalue weighted by molar-refractivity contribution is 6.03. The molecule has 0 saturated carbocycles. The highest BCUT2D eigenvalue weighted by Crippen LogP contribution is 2.15. The smallest absolute Gasteiger partial charge is 0.233 e. The number of anilines is 2. The number of ether oxygens (including phenoxy) is 1. The molecule has 23 heavy (non-hydrogen) atoms. The first kappa shape index (κ1) is 17.0. The fourth-order valence-electron chi connectivity index (χ4n) is 2.32. The van der Waals surface area contributed by atoms with E-state index in [-0.39, 0.29) is 24.3 Å². The van der Waals surface area contributed by atoms with Crippen LogP contribution in [0.4, 0.5) is 11.4 Å². The number of benzene rings is 1. The molecule has 124 valence electrons. The summed E-state index contributed by atoms with van der Waals surface area (Å²) in [6.45, 7) is 2.57. The number of rotatable bonds is 6. The van der Waals surface area contributed by atoms with E-state index in [1.165, 1.54) is 6.92 Å². The first-order valence-electron chi connectivity index (χ1n) is 7.59. The Labute approximate surface area is 134 Å².